The highest BCUT2D eigenvalue weighted by molar-refractivity contribution is 8.20. The van der Waals surface area contributed by atoms with E-state index in [1.54, 1.807) is 6.92 Å². The van der Waals surface area contributed by atoms with Gasteiger partial charge in [-0.3, -0.25) is 13.9 Å². The van der Waals surface area contributed by atoms with Crippen molar-refractivity contribution in [2.75, 3.05) is 14.1 Å². The zero-order valence-corrected chi connectivity index (χ0v) is 7.68. The fourth-order valence-electron chi connectivity index (χ4n) is 0.316. The third-order valence-corrected chi connectivity index (χ3v) is 2.60. The van der Waals surface area contributed by atoms with Crippen LogP contribution in [0.5, 0.6) is 0 Å². The van der Waals surface area contributed by atoms with Gasteiger partial charge >= 0.3 is 0 Å². The second kappa shape index (κ2) is 3.91. The van der Waals surface area contributed by atoms with Crippen molar-refractivity contribution in [2.24, 2.45) is 0 Å². The van der Waals surface area contributed by atoms with Crippen LogP contribution in [0.25, 0.3) is 0 Å². The Bertz CT molecular complexity index is 149. The summed E-state index contributed by atoms with van der Waals surface area (Å²) in [6, 6.07) is 0. The van der Waals surface area contributed by atoms with Gasteiger partial charge in [-0.1, -0.05) is 17.9 Å². The lowest BCUT2D eigenvalue weighted by molar-refractivity contribution is -0.119. The standard InChI is InChI=1S/C5H14N2O3S/c1-4-5(8)6-11(9,10)7(2)3/h9-10H,4H2,1-3H3,(H,6,8). The van der Waals surface area contributed by atoms with Crippen molar-refractivity contribution < 1.29 is 13.9 Å². The van der Waals surface area contributed by atoms with Crippen LogP contribution in [-0.4, -0.2) is 33.4 Å². The number of hydrogen-bond donors (Lipinski definition) is 3. The summed E-state index contributed by atoms with van der Waals surface area (Å²) in [6.07, 6.45) is 0.240. The molecule has 0 aromatic heterocycles. The van der Waals surface area contributed by atoms with Gasteiger partial charge in [-0.25, -0.2) is 4.72 Å². The number of carbonyl (C=O) groups is 1. The van der Waals surface area contributed by atoms with Gasteiger partial charge in [0.15, 0.2) is 0 Å². The molecule has 5 nitrogen and oxygen atoms in total. The summed E-state index contributed by atoms with van der Waals surface area (Å²) in [6.45, 7) is 1.64. The molecular weight excluding hydrogens is 168 g/mol. The van der Waals surface area contributed by atoms with Crippen LogP contribution in [0.4, 0.5) is 0 Å². The Morgan fingerprint density at radius 3 is 2.27 bits per heavy atom. The van der Waals surface area contributed by atoms with Gasteiger partial charge in [0.2, 0.25) is 5.91 Å². The van der Waals surface area contributed by atoms with E-state index in [1.807, 2.05) is 0 Å². The molecule has 0 aromatic carbocycles. The van der Waals surface area contributed by atoms with E-state index in [-0.39, 0.29) is 12.3 Å². The van der Waals surface area contributed by atoms with Gasteiger partial charge in [-0.2, -0.15) is 4.31 Å². The molecule has 0 saturated heterocycles. The van der Waals surface area contributed by atoms with E-state index in [4.69, 9.17) is 9.11 Å². The maximum Gasteiger partial charge on any atom is 0.238 e. The van der Waals surface area contributed by atoms with E-state index >= 15 is 0 Å². The summed E-state index contributed by atoms with van der Waals surface area (Å²) in [5.74, 6) is -0.376. The first-order valence-corrected chi connectivity index (χ1v) is 4.66. The van der Waals surface area contributed by atoms with Crippen molar-refractivity contribution in [3.8, 4) is 0 Å². The lowest BCUT2D eigenvalue weighted by atomic mass is 10.5. The molecule has 6 heteroatoms. The molecule has 3 N–H and O–H groups in total. The Hall–Kier alpha value is -0.300. The monoisotopic (exact) mass is 182 g/mol. The van der Waals surface area contributed by atoms with E-state index in [1.165, 1.54) is 18.4 Å². The van der Waals surface area contributed by atoms with Crippen LogP contribution in [0.15, 0.2) is 0 Å². The average molecular weight is 182 g/mol. The average Bonchev–Trinajstić information content (AvgIpc) is 1.86. The molecule has 0 aliphatic heterocycles. The van der Waals surface area contributed by atoms with Crippen LogP contribution < -0.4 is 4.72 Å². The first kappa shape index (κ1) is 10.7. The van der Waals surface area contributed by atoms with Gasteiger partial charge in [0.25, 0.3) is 0 Å². The molecule has 68 valence electrons. The van der Waals surface area contributed by atoms with Crippen molar-refractivity contribution in [3.63, 3.8) is 0 Å². The largest absolute Gasteiger partial charge is 0.273 e. The molecular formula is C5H14N2O3S. The van der Waals surface area contributed by atoms with Crippen molar-refractivity contribution >= 4 is 16.9 Å². The van der Waals surface area contributed by atoms with Gasteiger partial charge in [0.05, 0.1) is 0 Å². The van der Waals surface area contributed by atoms with Crippen molar-refractivity contribution in [1.82, 2.24) is 9.03 Å². The minimum Gasteiger partial charge on any atom is -0.273 e. The highest BCUT2D eigenvalue weighted by atomic mass is 32.3. The number of carbonyl (C=O) groups excluding carboxylic acids is 1. The molecule has 0 bridgehead atoms. The molecule has 0 atom stereocenters. The van der Waals surface area contributed by atoms with E-state index < -0.39 is 11.0 Å². The highest BCUT2D eigenvalue weighted by Gasteiger charge is 2.16. The Morgan fingerprint density at radius 2 is 2.00 bits per heavy atom. The minimum atomic E-state index is -3.08. The Labute approximate surface area is 68.0 Å². The van der Waals surface area contributed by atoms with Crippen LogP contribution >= 0.6 is 11.0 Å². The predicted molar refractivity (Wildman–Crippen MR) is 45.0 cm³/mol. The molecule has 0 aliphatic rings. The molecule has 0 unspecified atom stereocenters. The van der Waals surface area contributed by atoms with Crippen molar-refractivity contribution in [2.45, 2.75) is 13.3 Å². The summed E-state index contributed by atoms with van der Waals surface area (Å²) in [5.41, 5.74) is 0. The maximum atomic E-state index is 10.7. The molecule has 0 radical (unpaired) electrons. The quantitative estimate of drug-likeness (QED) is 0.599. The number of hydrogen-bond acceptors (Lipinski definition) is 4. The second-order valence-corrected chi connectivity index (χ2v) is 4.18. The predicted octanol–water partition coefficient (Wildman–Crippen LogP) is 0.655. The fourth-order valence-corrected chi connectivity index (χ4v) is 0.949. The van der Waals surface area contributed by atoms with Crippen molar-refractivity contribution in [3.05, 3.63) is 0 Å². The van der Waals surface area contributed by atoms with E-state index in [9.17, 15) is 4.79 Å². The van der Waals surface area contributed by atoms with Gasteiger partial charge in [-0.05, 0) is 0 Å². The Morgan fingerprint density at radius 1 is 1.55 bits per heavy atom. The Balaban J connectivity index is 4.01. The molecule has 0 heterocycles. The SMILES string of the molecule is CCC(=O)NS(O)(O)N(C)C. The van der Waals surface area contributed by atoms with E-state index in [0.717, 1.165) is 0 Å². The number of nitrogens with one attached hydrogen (secondary N) is 1. The highest BCUT2D eigenvalue weighted by Crippen LogP contribution is 2.34. The van der Waals surface area contributed by atoms with Crippen LogP contribution in [0.3, 0.4) is 0 Å². The fraction of sp³-hybridized carbons (Fsp3) is 0.800. The molecule has 0 aliphatic carbocycles. The third kappa shape index (κ3) is 3.57. The summed E-state index contributed by atoms with van der Waals surface area (Å²) in [4.78, 5) is 10.7. The zero-order valence-electron chi connectivity index (χ0n) is 6.87. The van der Waals surface area contributed by atoms with Gasteiger partial charge in [0, 0.05) is 20.5 Å². The smallest absolute Gasteiger partial charge is 0.238 e. The van der Waals surface area contributed by atoms with Crippen LogP contribution in [0, 0.1) is 0 Å². The third-order valence-electron chi connectivity index (χ3n) is 1.08. The normalized spacial score (nSPS) is 13.3. The van der Waals surface area contributed by atoms with E-state index in [0.29, 0.717) is 0 Å². The summed E-state index contributed by atoms with van der Waals surface area (Å²) in [5, 5.41) is 0. The lowest BCUT2D eigenvalue weighted by Gasteiger charge is -2.37. The van der Waals surface area contributed by atoms with Gasteiger partial charge in [-0.15, -0.1) is 0 Å². The summed E-state index contributed by atoms with van der Waals surface area (Å²) >= 11 is 0. The zero-order chi connectivity index (χ0) is 9.07. The molecule has 1 amide bonds. The Kier molecular flexibility index (Phi) is 3.81. The van der Waals surface area contributed by atoms with Crippen LogP contribution in [-0.2, 0) is 4.79 Å². The maximum absolute atomic E-state index is 10.7. The van der Waals surface area contributed by atoms with Gasteiger partial charge in [0.1, 0.15) is 0 Å². The molecule has 0 rings (SSSR count). The van der Waals surface area contributed by atoms with E-state index in [2.05, 4.69) is 4.72 Å². The second-order valence-electron chi connectivity index (χ2n) is 2.21. The van der Waals surface area contributed by atoms with Crippen molar-refractivity contribution in [1.29, 1.82) is 0 Å². The number of amides is 1. The summed E-state index contributed by atoms with van der Waals surface area (Å²) < 4.78 is 21.5. The molecule has 0 saturated carbocycles. The topological polar surface area (TPSA) is 72.8 Å². The van der Waals surface area contributed by atoms with Crippen LogP contribution in [0.1, 0.15) is 13.3 Å². The molecule has 0 spiro atoms. The van der Waals surface area contributed by atoms with Crippen LogP contribution in [0.2, 0.25) is 0 Å². The summed E-state index contributed by atoms with van der Waals surface area (Å²) in [7, 11) is -0.121. The lowest BCUT2D eigenvalue weighted by Crippen LogP contribution is -2.34. The first-order chi connectivity index (χ1) is 4.90. The minimum absolute atomic E-state index is 0.240. The number of rotatable bonds is 3. The number of nitrogens with zero attached hydrogens (tertiary/aromatic N) is 1. The molecule has 11 heavy (non-hydrogen) atoms. The first-order valence-electron chi connectivity index (χ1n) is 3.16. The van der Waals surface area contributed by atoms with Gasteiger partial charge < -0.3 is 0 Å². The molecule has 0 fully saturated rings. The molecule has 0 aromatic rings.